The molecule has 7 heteroatoms. The van der Waals surface area contributed by atoms with Gasteiger partial charge in [-0.2, -0.15) is 0 Å². The highest BCUT2D eigenvalue weighted by Crippen LogP contribution is 2.18. The van der Waals surface area contributed by atoms with Crippen molar-refractivity contribution in [2.45, 2.75) is 6.54 Å². The Kier molecular flexibility index (Phi) is 4.24. The molecule has 0 N–H and O–H groups in total. The highest BCUT2D eigenvalue weighted by atomic mass is 127. The highest BCUT2D eigenvalue weighted by molar-refractivity contribution is 14.1. The first kappa shape index (κ1) is 13.8. The topological polar surface area (TPSA) is 34.9 Å². The van der Waals surface area contributed by atoms with Crippen LogP contribution in [0.3, 0.4) is 0 Å². The van der Waals surface area contributed by atoms with Crippen LogP contribution < -0.4 is 5.56 Å². The van der Waals surface area contributed by atoms with E-state index in [0.29, 0.717) is 9.13 Å². The number of aromatic nitrogens is 2. The maximum absolute atomic E-state index is 13.7. The van der Waals surface area contributed by atoms with Crippen LogP contribution in [0, 0.1) is 9.39 Å². The second-order valence-corrected chi connectivity index (χ2v) is 5.34. The van der Waals surface area contributed by atoms with Crippen molar-refractivity contribution in [1.29, 1.82) is 0 Å². The zero-order chi connectivity index (χ0) is 13.3. The van der Waals surface area contributed by atoms with Crippen LogP contribution >= 0.6 is 45.8 Å². The lowest BCUT2D eigenvalue weighted by Crippen LogP contribution is -2.24. The molecule has 0 fully saturated rings. The summed E-state index contributed by atoms with van der Waals surface area (Å²) < 4.78 is 15.3. The molecule has 94 valence electrons. The minimum atomic E-state index is -0.531. The van der Waals surface area contributed by atoms with Crippen LogP contribution in [-0.4, -0.2) is 9.55 Å². The van der Waals surface area contributed by atoms with Gasteiger partial charge >= 0.3 is 0 Å². The fraction of sp³-hybridized carbons (Fsp3) is 0.0909. The summed E-state index contributed by atoms with van der Waals surface area (Å²) in [5.41, 5.74) is 0.0134. The van der Waals surface area contributed by atoms with E-state index in [1.165, 1.54) is 17.0 Å². The third kappa shape index (κ3) is 2.67. The van der Waals surface area contributed by atoms with Crippen LogP contribution in [-0.2, 0) is 6.54 Å². The first-order valence-electron chi connectivity index (χ1n) is 4.84. The average Bonchev–Trinajstić information content (AvgIpc) is 2.35. The molecule has 1 aromatic carbocycles. The summed E-state index contributed by atoms with van der Waals surface area (Å²) in [6.45, 7) is 0.0609. The van der Waals surface area contributed by atoms with Crippen LogP contribution in [0.5, 0.6) is 0 Å². The molecule has 0 saturated heterocycles. The van der Waals surface area contributed by atoms with Crippen LogP contribution in [0.25, 0.3) is 0 Å². The van der Waals surface area contributed by atoms with Gasteiger partial charge in [0.1, 0.15) is 14.5 Å². The Labute approximate surface area is 126 Å². The number of hydrogen-bond acceptors (Lipinski definition) is 2. The Morgan fingerprint density at radius 1 is 1.39 bits per heavy atom. The van der Waals surface area contributed by atoms with E-state index in [-0.39, 0.29) is 22.3 Å². The van der Waals surface area contributed by atoms with Gasteiger partial charge in [-0.3, -0.25) is 9.36 Å². The molecule has 2 rings (SSSR count). The summed E-state index contributed by atoms with van der Waals surface area (Å²) in [5, 5.41) is 0.167. The molecule has 2 aromatic rings. The van der Waals surface area contributed by atoms with E-state index >= 15 is 0 Å². The molecule has 0 amide bonds. The summed E-state index contributed by atoms with van der Waals surface area (Å²) in [4.78, 5) is 15.7. The Bertz CT molecular complexity index is 660. The van der Waals surface area contributed by atoms with Gasteiger partial charge in [-0.1, -0.05) is 35.3 Å². The largest absolute Gasteiger partial charge is 0.294 e. The molecule has 0 saturated carbocycles. The second-order valence-electron chi connectivity index (χ2n) is 3.50. The summed E-state index contributed by atoms with van der Waals surface area (Å²) in [5.74, 6) is -0.531. The zero-order valence-electron chi connectivity index (χ0n) is 8.83. The van der Waals surface area contributed by atoms with Crippen molar-refractivity contribution in [2.75, 3.05) is 0 Å². The molecule has 1 aromatic heterocycles. The van der Waals surface area contributed by atoms with Crippen LogP contribution in [0.2, 0.25) is 10.2 Å². The van der Waals surface area contributed by atoms with Gasteiger partial charge in [0.2, 0.25) is 0 Å². The number of benzene rings is 1. The number of halogens is 4. The first-order valence-corrected chi connectivity index (χ1v) is 6.67. The molecular weight excluding hydrogens is 393 g/mol. The van der Waals surface area contributed by atoms with Crippen molar-refractivity contribution in [1.82, 2.24) is 9.55 Å². The van der Waals surface area contributed by atoms with Crippen molar-refractivity contribution >= 4 is 45.8 Å². The van der Waals surface area contributed by atoms with Gasteiger partial charge in [0, 0.05) is 5.56 Å². The Morgan fingerprint density at radius 3 is 2.83 bits per heavy atom. The normalized spacial score (nSPS) is 10.7. The summed E-state index contributed by atoms with van der Waals surface area (Å²) in [6, 6.07) is 4.64. The van der Waals surface area contributed by atoms with E-state index < -0.39 is 5.82 Å². The number of rotatable bonds is 2. The molecule has 0 radical (unpaired) electrons. The van der Waals surface area contributed by atoms with E-state index in [4.69, 9.17) is 23.2 Å². The van der Waals surface area contributed by atoms with Gasteiger partial charge in [0.25, 0.3) is 5.56 Å². The second kappa shape index (κ2) is 5.54. The molecule has 18 heavy (non-hydrogen) atoms. The van der Waals surface area contributed by atoms with Gasteiger partial charge in [0.15, 0.2) is 0 Å². The van der Waals surface area contributed by atoms with E-state index in [9.17, 15) is 9.18 Å². The maximum atomic E-state index is 13.7. The Morgan fingerprint density at radius 2 is 2.11 bits per heavy atom. The third-order valence-corrected chi connectivity index (χ3v) is 4.18. The van der Waals surface area contributed by atoms with Crippen molar-refractivity contribution in [3.8, 4) is 0 Å². The fourth-order valence-corrected chi connectivity index (χ4v) is 2.18. The van der Waals surface area contributed by atoms with Gasteiger partial charge in [0.05, 0.1) is 17.9 Å². The summed E-state index contributed by atoms with van der Waals surface area (Å²) in [7, 11) is 0. The zero-order valence-corrected chi connectivity index (χ0v) is 12.5. The average molecular weight is 399 g/mol. The van der Waals surface area contributed by atoms with Gasteiger partial charge in [-0.15, -0.1) is 0 Å². The molecule has 0 aliphatic carbocycles. The van der Waals surface area contributed by atoms with E-state index in [0.717, 1.165) is 0 Å². The minimum absolute atomic E-state index is 0.0252. The number of hydrogen-bond donors (Lipinski definition) is 0. The number of nitrogens with zero attached hydrogens (tertiary/aromatic N) is 2. The molecule has 0 atom stereocenters. The Balaban J connectivity index is 2.44. The molecule has 0 aliphatic rings. The molecule has 1 heterocycles. The smallest absolute Gasteiger partial charge is 0.268 e. The molecule has 0 aliphatic heterocycles. The molecule has 0 unspecified atom stereocenters. The maximum Gasteiger partial charge on any atom is 0.268 e. The SMILES string of the molecule is O=c1c(I)c(Cl)ncn1Cc1cccc(Cl)c1F. The van der Waals surface area contributed by atoms with Gasteiger partial charge < -0.3 is 0 Å². The van der Waals surface area contributed by atoms with Gasteiger partial charge in [-0.25, -0.2) is 9.37 Å². The van der Waals surface area contributed by atoms with Crippen molar-refractivity contribution in [3.05, 3.63) is 60.0 Å². The Hall–Kier alpha value is -0.660. The fourth-order valence-electron chi connectivity index (χ4n) is 1.41. The molecular formula is C11H6Cl2FIN2O. The van der Waals surface area contributed by atoms with Crippen LogP contribution in [0.4, 0.5) is 4.39 Å². The molecule has 0 bridgehead atoms. The van der Waals surface area contributed by atoms with E-state index in [2.05, 4.69) is 4.98 Å². The predicted octanol–water partition coefficient (Wildman–Crippen LogP) is 3.34. The van der Waals surface area contributed by atoms with Gasteiger partial charge in [-0.05, 0) is 28.7 Å². The standard InChI is InChI=1S/C11H6Cl2FIN2O/c12-7-3-1-2-6(8(7)14)4-17-5-16-10(13)9(15)11(17)18/h1-3,5H,4H2. The molecule has 3 nitrogen and oxygen atoms in total. The lowest BCUT2D eigenvalue weighted by atomic mass is 10.2. The lowest BCUT2D eigenvalue weighted by molar-refractivity contribution is 0.594. The van der Waals surface area contributed by atoms with Crippen LogP contribution in [0.15, 0.2) is 29.3 Å². The van der Waals surface area contributed by atoms with Crippen molar-refractivity contribution < 1.29 is 4.39 Å². The van der Waals surface area contributed by atoms with E-state index in [1.807, 2.05) is 0 Å². The predicted molar refractivity (Wildman–Crippen MR) is 76.7 cm³/mol. The monoisotopic (exact) mass is 398 g/mol. The third-order valence-electron chi connectivity index (χ3n) is 2.31. The minimum Gasteiger partial charge on any atom is -0.294 e. The summed E-state index contributed by atoms with van der Waals surface area (Å²) >= 11 is 13.2. The quantitative estimate of drug-likeness (QED) is 0.574. The van der Waals surface area contributed by atoms with Crippen molar-refractivity contribution in [3.63, 3.8) is 0 Å². The highest BCUT2D eigenvalue weighted by Gasteiger charge is 2.10. The lowest BCUT2D eigenvalue weighted by Gasteiger charge is -2.08. The first-order chi connectivity index (χ1) is 8.50. The van der Waals surface area contributed by atoms with Crippen molar-refractivity contribution in [2.24, 2.45) is 0 Å². The summed E-state index contributed by atoms with van der Waals surface area (Å²) in [6.07, 6.45) is 1.28. The molecule has 0 spiro atoms. The van der Waals surface area contributed by atoms with E-state index in [1.54, 1.807) is 34.7 Å². The van der Waals surface area contributed by atoms with Crippen LogP contribution in [0.1, 0.15) is 5.56 Å².